The number of rotatable bonds is 3. The second-order valence-corrected chi connectivity index (χ2v) is 6.74. The smallest absolute Gasteiger partial charge is 0.430 e. The van der Waals surface area contributed by atoms with Crippen molar-refractivity contribution in [3.63, 3.8) is 0 Å². The Hall–Kier alpha value is -3.53. The number of halogens is 1. The van der Waals surface area contributed by atoms with Crippen molar-refractivity contribution in [3.8, 4) is 5.75 Å². The molecule has 2 nitrogen and oxygen atoms in total. The maximum Gasteiger partial charge on any atom is 0.430 e. The second-order valence-electron chi connectivity index (χ2n) is 6.74. The highest BCUT2D eigenvalue weighted by atomic mass is 19.1. The van der Waals surface area contributed by atoms with Gasteiger partial charge in [-0.1, -0.05) is 54.6 Å². The lowest BCUT2D eigenvalue weighted by Gasteiger charge is -2.36. The van der Waals surface area contributed by atoms with Crippen molar-refractivity contribution < 1.29 is 9.04 Å². The van der Waals surface area contributed by atoms with E-state index in [1.54, 1.807) is 6.07 Å². The van der Waals surface area contributed by atoms with Crippen LogP contribution in [0.25, 0.3) is 0 Å². The molecular weight excluding hydrogens is 348 g/mol. The lowest BCUT2D eigenvalue weighted by atomic mass is 9.52. The number of hydrogen-bond donors (Lipinski definition) is 0. The van der Waals surface area contributed by atoms with Gasteiger partial charge in [-0.05, 0) is 59.5 Å². The molecule has 1 aliphatic rings. The Bertz CT molecular complexity index is 1120. The zero-order valence-corrected chi connectivity index (χ0v) is 15.1. The molecule has 1 heterocycles. The van der Waals surface area contributed by atoms with Crippen molar-refractivity contribution in [3.05, 3.63) is 109 Å². The van der Waals surface area contributed by atoms with Gasteiger partial charge in [0.2, 0.25) is 0 Å². The highest BCUT2D eigenvalue weighted by molar-refractivity contribution is 6.84. The zero-order chi connectivity index (χ0) is 18.9. The van der Waals surface area contributed by atoms with Gasteiger partial charge in [0.25, 0.3) is 0 Å². The first-order valence-corrected chi connectivity index (χ1v) is 9.26. The summed E-state index contributed by atoms with van der Waals surface area (Å²) in [6.45, 7) is -0.385. The van der Waals surface area contributed by atoms with Gasteiger partial charge in [-0.2, -0.15) is 0 Å². The molecule has 0 amide bonds. The Labute approximate surface area is 163 Å². The van der Waals surface area contributed by atoms with Crippen molar-refractivity contribution in [1.29, 1.82) is 0 Å². The number of nitrogens with zero attached hydrogens (tertiary/aromatic N) is 1. The molecule has 0 aliphatic carbocycles. The summed E-state index contributed by atoms with van der Waals surface area (Å²) in [6, 6.07) is 32.8. The number of hydrogen-bond acceptors (Lipinski definition) is 2. The molecule has 28 heavy (non-hydrogen) atoms. The molecule has 134 valence electrons. The molecule has 0 fully saturated rings. The minimum absolute atomic E-state index is 0.271. The van der Waals surface area contributed by atoms with Gasteiger partial charge in [0.1, 0.15) is 5.82 Å². The second kappa shape index (κ2) is 6.89. The Kier molecular flexibility index (Phi) is 4.10. The fraction of sp³-hybridized carbons (Fsp3) is 0. The van der Waals surface area contributed by atoms with Crippen LogP contribution in [0.4, 0.5) is 21.5 Å². The van der Waals surface area contributed by atoms with Gasteiger partial charge in [0, 0.05) is 17.1 Å². The number of fused-ring (bicyclic) bond motifs is 2. The van der Waals surface area contributed by atoms with Crippen LogP contribution >= 0.6 is 0 Å². The Morgan fingerprint density at radius 1 is 0.643 bits per heavy atom. The Morgan fingerprint density at radius 2 is 1.29 bits per heavy atom. The largest absolute Gasteiger partial charge is 0.551 e. The van der Waals surface area contributed by atoms with Crippen molar-refractivity contribution in [2.24, 2.45) is 0 Å². The van der Waals surface area contributed by atoms with Gasteiger partial charge in [-0.15, -0.1) is 0 Å². The van der Waals surface area contributed by atoms with E-state index >= 15 is 0 Å². The highest BCUT2D eigenvalue weighted by Crippen LogP contribution is 2.35. The highest BCUT2D eigenvalue weighted by Gasteiger charge is 2.37. The van der Waals surface area contributed by atoms with E-state index in [2.05, 4.69) is 23.1 Å². The maximum atomic E-state index is 14.2. The van der Waals surface area contributed by atoms with E-state index in [-0.39, 0.29) is 12.7 Å². The SMILES string of the molecule is Fc1ccc2c(c1)B(Oc1ccccc1)c1ccccc1N2c1ccccc1. The van der Waals surface area contributed by atoms with Gasteiger partial charge >= 0.3 is 6.92 Å². The monoisotopic (exact) mass is 365 g/mol. The molecule has 0 saturated heterocycles. The van der Waals surface area contributed by atoms with Crippen molar-refractivity contribution in [2.75, 3.05) is 4.90 Å². The molecule has 0 unspecified atom stereocenters. The minimum Gasteiger partial charge on any atom is -0.551 e. The molecular formula is C24H17BFNO. The molecule has 0 radical (unpaired) electrons. The average Bonchev–Trinajstić information content (AvgIpc) is 2.75. The number of para-hydroxylation sites is 3. The molecule has 0 spiro atoms. The van der Waals surface area contributed by atoms with Gasteiger partial charge in [-0.25, -0.2) is 4.39 Å². The number of anilines is 3. The summed E-state index contributed by atoms with van der Waals surface area (Å²) in [5, 5.41) is 0. The maximum absolute atomic E-state index is 14.2. The Morgan fingerprint density at radius 3 is 2.07 bits per heavy atom. The van der Waals surface area contributed by atoms with Gasteiger partial charge in [0.05, 0.1) is 5.75 Å². The summed E-state index contributed by atoms with van der Waals surface area (Å²) >= 11 is 0. The van der Waals surface area contributed by atoms with Gasteiger partial charge < -0.3 is 9.55 Å². The first-order valence-electron chi connectivity index (χ1n) is 9.26. The molecule has 0 bridgehead atoms. The van der Waals surface area contributed by atoms with E-state index in [9.17, 15) is 4.39 Å². The van der Waals surface area contributed by atoms with Crippen LogP contribution in [-0.4, -0.2) is 6.92 Å². The Balaban J connectivity index is 1.72. The summed E-state index contributed by atoms with van der Waals surface area (Å²) in [6.07, 6.45) is 0. The van der Waals surface area contributed by atoms with E-state index in [1.807, 2.05) is 72.8 Å². The minimum atomic E-state index is -0.385. The van der Waals surface area contributed by atoms with Gasteiger partial charge in [-0.3, -0.25) is 0 Å². The van der Waals surface area contributed by atoms with Crippen LogP contribution < -0.4 is 20.5 Å². The van der Waals surface area contributed by atoms with E-state index in [4.69, 9.17) is 4.65 Å². The lowest BCUT2D eigenvalue weighted by molar-refractivity contribution is 0.590. The van der Waals surface area contributed by atoms with Gasteiger partial charge in [0.15, 0.2) is 0 Å². The number of benzene rings is 4. The van der Waals surface area contributed by atoms with E-state index in [0.717, 1.165) is 33.7 Å². The van der Waals surface area contributed by atoms with Crippen molar-refractivity contribution in [1.82, 2.24) is 0 Å². The molecule has 0 N–H and O–H groups in total. The summed E-state index contributed by atoms with van der Waals surface area (Å²) in [5.74, 6) is 0.485. The van der Waals surface area contributed by atoms with Crippen LogP contribution in [0.1, 0.15) is 0 Å². The fourth-order valence-corrected chi connectivity index (χ4v) is 3.77. The molecule has 4 aromatic carbocycles. The molecule has 4 heteroatoms. The predicted molar refractivity (Wildman–Crippen MR) is 113 cm³/mol. The quantitative estimate of drug-likeness (QED) is 0.484. The summed E-state index contributed by atoms with van der Waals surface area (Å²) in [5.41, 5.74) is 4.81. The van der Waals surface area contributed by atoms with Crippen LogP contribution in [0.5, 0.6) is 5.75 Å². The first kappa shape index (κ1) is 16.6. The van der Waals surface area contributed by atoms with E-state index in [1.165, 1.54) is 6.07 Å². The van der Waals surface area contributed by atoms with E-state index in [0.29, 0.717) is 0 Å². The van der Waals surface area contributed by atoms with E-state index < -0.39 is 0 Å². The molecule has 5 rings (SSSR count). The lowest BCUT2D eigenvalue weighted by Crippen LogP contribution is -2.54. The standard InChI is InChI=1S/C24H17BFNO/c26-18-15-16-24-22(17-18)25(28-20-11-5-2-6-12-20)21-13-7-8-14-23(21)27(24)19-9-3-1-4-10-19/h1-17H. The summed E-state index contributed by atoms with van der Waals surface area (Å²) in [4.78, 5) is 2.16. The normalized spacial score (nSPS) is 12.3. The van der Waals surface area contributed by atoms with Crippen LogP contribution in [0, 0.1) is 5.82 Å². The first-order chi connectivity index (χ1) is 13.8. The molecule has 1 aliphatic heterocycles. The third kappa shape index (κ3) is 2.83. The third-order valence-electron chi connectivity index (χ3n) is 4.98. The molecule has 4 aromatic rings. The molecule has 0 aromatic heterocycles. The zero-order valence-electron chi connectivity index (χ0n) is 15.1. The van der Waals surface area contributed by atoms with Crippen LogP contribution in [0.2, 0.25) is 0 Å². The van der Waals surface area contributed by atoms with Crippen molar-refractivity contribution in [2.45, 2.75) is 0 Å². The summed E-state index contributed by atoms with van der Waals surface area (Å²) < 4.78 is 20.6. The average molecular weight is 365 g/mol. The molecule has 0 saturated carbocycles. The van der Waals surface area contributed by atoms with Crippen LogP contribution in [-0.2, 0) is 0 Å². The van der Waals surface area contributed by atoms with Crippen LogP contribution in [0.15, 0.2) is 103 Å². The third-order valence-corrected chi connectivity index (χ3v) is 4.98. The predicted octanol–water partition coefficient (Wildman–Crippen LogP) is 4.79. The topological polar surface area (TPSA) is 12.5 Å². The fourth-order valence-electron chi connectivity index (χ4n) is 3.77. The van der Waals surface area contributed by atoms with Crippen molar-refractivity contribution >= 4 is 34.9 Å². The van der Waals surface area contributed by atoms with Crippen LogP contribution in [0.3, 0.4) is 0 Å². The molecule has 0 atom stereocenters. The summed E-state index contributed by atoms with van der Waals surface area (Å²) in [7, 11) is 0.